The van der Waals surface area contributed by atoms with Crippen molar-refractivity contribution in [2.75, 3.05) is 6.26 Å². The van der Waals surface area contributed by atoms with Crippen LogP contribution in [-0.4, -0.2) is 24.1 Å². The van der Waals surface area contributed by atoms with Crippen molar-refractivity contribution in [3.05, 3.63) is 54.9 Å². The zero-order valence-corrected chi connectivity index (χ0v) is 11.1. The van der Waals surface area contributed by atoms with Crippen LogP contribution < -0.4 is 0 Å². The van der Waals surface area contributed by atoms with E-state index >= 15 is 0 Å². The normalized spacial score (nSPS) is 11.8. The van der Waals surface area contributed by atoms with Crippen LogP contribution in [0.2, 0.25) is 0 Å². The summed E-state index contributed by atoms with van der Waals surface area (Å²) in [5.74, 6) is 0. The van der Waals surface area contributed by atoms with Gasteiger partial charge in [-0.3, -0.25) is 4.40 Å². The van der Waals surface area contributed by atoms with Crippen LogP contribution in [0.15, 0.2) is 53.6 Å². The molecule has 2 aromatic heterocycles. The summed E-state index contributed by atoms with van der Waals surface area (Å²) in [5, 5.41) is 0. The standard InChI is InChI=1S/C14H11N2O2S/c1-19(17,18)13-7-3-2-6-11(13)12-10-15-14-8-4-5-9-16(12)14/h2-9H,1H3. The van der Waals surface area contributed by atoms with Crippen molar-refractivity contribution in [3.63, 3.8) is 0 Å². The van der Waals surface area contributed by atoms with Crippen LogP contribution in [0.4, 0.5) is 0 Å². The maximum Gasteiger partial charge on any atom is 0.176 e. The summed E-state index contributed by atoms with van der Waals surface area (Å²) in [4.78, 5) is 4.45. The van der Waals surface area contributed by atoms with Gasteiger partial charge in [-0.15, -0.1) is 0 Å². The fourth-order valence-corrected chi connectivity index (χ4v) is 2.94. The molecule has 0 aliphatic heterocycles. The van der Waals surface area contributed by atoms with Crippen LogP contribution in [0, 0.1) is 6.20 Å². The van der Waals surface area contributed by atoms with Crippen LogP contribution in [0.1, 0.15) is 0 Å². The van der Waals surface area contributed by atoms with Gasteiger partial charge in [0.25, 0.3) is 0 Å². The third kappa shape index (κ3) is 2.02. The zero-order chi connectivity index (χ0) is 13.5. The minimum absolute atomic E-state index is 0.289. The maximum absolute atomic E-state index is 11.8. The van der Waals surface area contributed by atoms with Crippen molar-refractivity contribution in [3.8, 4) is 11.3 Å². The molecular formula is C14H11N2O2S. The molecule has 0 saturated carbocycles. The first kappa shape index (κ1) is 11.9. The highest BCUT2D eigenvalue weighted by Gasteiger charge is 2.16. The van der Waals surface area contributed by atoms with E-state index in [4.69, 9.17) is 0 Å². The summed E-state index contributed by atoms with van der Waals surface area (Å²) >= 11 is 0. The van der Waals surface area contributed by atoms with Crippen molar-refractivity contribution in [1.82, 2.24) is 9.38 Å². The van der Waals surface area contributed by atoms with Gasteiger partial charge in [-0.2, -0.15) is 0 Å². The lowest BCUT2D eigenvalue weighted by Gasteiger charge is -2.07. The van der Waals surface area contributed by atoms with E-state index in [1.807, 2.05) is 28.8 Å². The lowest BCUT2D eigenvalue weighted by molar-refractivity contribution is 0.602. The van der Waals surface area contributed by atoms with E-state index in [0.717, 1.165) is 5.65 Å². The van der Waals surface area contributed by atoms with Gasteiger partial charge in [-0.1, -0.05) is 24.3 Å². The number of fused-ring (bicyclic) bond motifs is 1. The quantitative estimate of drug-likeness (QED) is 0.718. The lowest BCUT2D eigenvalue weighted by atomic mass is 10.2. The summed E-state index contributed by atoms with van der Waals surface area (Å²) in [6.45, 7) is 0. The second-order valence-electron chi connectivity index (χ2n) is 4.27. The highest BCUT2D eigenvalue weighted by Crippen LogP contribution is 2.27. The van der Waals surface area contributed by atoms with Gasteiger partial charge in [-0.25, -0.2) is 13.4 Å². The Morgan fingerprint density at radius 3 is 2.63 bits per heavy atom. The molecular weight excluding hydrogens is 260 g/mol. The van der Waals surface area contributed by atoms with Crippen molar-refractivity contribution in [2.45, 2.75) is 4.90 Å². The SMILES string of the molecule is CS(=O)(=O)c1ccccc1-c1[c]nc2ccccn12. The summed E-state index contributed by atoms with van der Waals surface area (Å²) in [7, 11) is -3.29. The Balaban J connectivity index is 2.34. The summed E-state index contributed by atoms with van der Waals surface area (Å²) in [5.41, 5.74) is 2.00. The molecule has 19 heavy (non-hydrogen) atoms. The number of imidazole rings is 1. The molecule has 1 radical (unpaired) electrons. The topological polar surface area (TPSA) is 51.4 Å². The van der Waals surface area contributed by atoms with Gasteiger partial charge in [0.15, 0.2) is 9.84 Å². The van der Waals surface area contributed by atoms with Crippen molar-refractivity contribution in [1.29, 1.82) is 0 Å². The molecule has 0 aliphatic carbocycles. The van der Waals surface area contributed by atoms with Gasteiger partial charge >= 0.3 is 0 Å². The van der Waals surface area contributed by atoms with Crippen LogP contribution in [0.3, 0.4) is 0 Å². The number of hydrogen-bond acceptors (Lipinski definition) is 3. The van der Waals surface area contributed by atoms with Crippen LogP contribution in [0.25, 0.3) is 16.9 Å². The van der Waals surface area contributed by atoms with Crippen molar-refractivity contribution < 1.29 is 8.42 Å². The van der Waals surface area contributed by atoms with E-state index in [9.17, 15) is 8.42 Å². The van der Waals surface area contributed by atoms with Gasteiger partial charge in [-0.05, 0) is 18.2 Å². The molecule has 3 rings (SSSR count). The number of benzene rings is 1. The third-order valence-corrected chi connectivity index (χ3v) is 4.05. The zero-order valence-electron chi connectivity index (χ0n) is 10.2. The molecule has 0 aliphatic rings. The van der Waals surface area contributed by atoms with Gasteiger partial charge < -0.3 is 0 Å². The Hall–Kier alpha value is -2.14. The molecule has 0 fully saturated rings. The third-order valence-electron chi connectivity index (χ3n) is 2.90. The Labute approximate surface area is 111 Å². The van der Waals surface area contributed by atoms with Gasteiger partial charge in [0, 0.05) is 18.0 Å². The molecule has 0 atom stereocenters. The molecule has 0 bridgehead atoms. The molecule has 0 N–H and O–H groups in total. The molecule has 5 heteroatoms. The Morgan fingerprint density at radius 1 is 1.11 bits per heavy atom. The van der Waals surface area contributed by atoms with Crippen molar-refractivity contribution >= 4 is 15.5 Å². The number of pyridine rings is 1. The molecule has 0 amide bonds. The molecule has 3 aromatic rings. The van der Waals surface area contributed by atoms with E-state index in [2.05, 4.69) is 11.2 Å². The summed E-state index contributed by atoms with van der Waals surface area (Å²) < 4.78 is 25.5. The number of hydrogen-bond donors (Lipinski definition) is 0. The lowest BCUT2D eigenvalue weighted by Crippen LogP contribution is -2.00. The molecule has 0 spiro atoms. The van der Waals surface area contributed by atoms with Gasteiger partial charge in [0.05, 0.1) is 10.6 Å². The number of nitrogens with zero attached hydrogens (tertiary/aromatic N) is 2. The molecule has 0 saturated heterocycles. The van der Waals surface area contributed by atoms with Crippen LogP contribution >= 0.6 is 0 Å². The van der Waals surface area contributed by atoms with Gasteiger partial charge in [0.1, 0.15) is 11.8 Å². The second kappa shape index (κ2) is 4.20. The predicted molar refractivity (Wildman–Crippen MR) is 72.6 cm³/mol. The fraction of sp³-hybridized carbons (Fsp3) is 0.0714. The number of aromatic nitrogens is 2. The van der Waals surface area contributed by atoms with Gasteiger partial charge in [0.2, 0.25) is 0 Å². The minimum atomic E-state index is -3.29. The maximum atomic E-state index is 11.8. The van der Waals surface area contributed by atoms with Crippen LogP contribution in [0.5, 0.6) is 0 Å². The van der Waals surface area contributed by atoms with E-state index in [-0.39, 0.29) is 4.90 Å². The van der Waals surface area contributed by atoms with Crippen LogP contribution in [-0.2, 0) is 9.84 Å². The largest absolute Gasteiger partial charge is 0.299 e. The highest BCUT2D eigenvalue weighted by atomic mass is 32.2. The Kier molecular flexibility index (Phi) is 2.64. The van der Waals surface area contributed by atoms with E-state index in [1.54, 1.807) is 24.3 Å². The first-order valence-electron chi connectivity index (χ1n) is 5.71. The average Bonchev–Trinajstić information content (AvgIpc) is 2.81. The highest BCUT2D eigenvalue weighted by molar-refractivity contribution is 7.90. The van der Waals surface area contributed by atoms with E-state index in [0.29, 0.717) is 11.3 Å². The second-order valence-corrected chi connectivity index (χ2v) is 6.25. The molecule has 4 nitrogen and oxygen atoms in total. The fourth-order valence-electron chi connectivity index (χ4n) is 2.05. The summed E-state index contributed by atoms with van der Waals surface area (Å²) in [6, 6.07) is 12.5. The summed E-state index contributed by atoms with van der Waals surface area (Å²) in [6.07, 6.45) is 5.93. The Morgan fingerprint density at radius 2 is 1.84 bits per heavy atom. The molecule has 95 valence electrons. The smallest absolute Gasteiger partial charge is 0.176 e. The first-order chi connectivity index (χ1) is 9.07. The predicted octanol–water partition coefficient (Wildman–Crippen LogP) is 2.20. The number of rotatable bonds is 2. The molecule has 1 aromatic carbocycles. The average molecular weight is 271 g/mol. The van der Waals surface area contributed by atoms with E-state index in [1.165, 1.54) is 6.26 Å². The van der Waals surface area contributed by atoms with E-state index < -0.39 is 9.84 Å². The van der Waals surface area contributed by atoms with Crippen molar-refractivity contribution in [2.24, 2.45) is 0 Å². The Bertz CT molecular complexity index is 851. The monoisotopic (exact) mass is 271 g/mol. The molecule has 0 unspecified atom stereocenters. The minimum Gasteiger partial charge on any atom is -0.299 e. The first-order valence-corrected chi connectivity index (χ1v) is 7.61. The number of sulfone groups is 1. The molecule has 2 heterocycles.